The molecule has 0 saturated carbocycles. The highest BCUT2D eigenvalue weighted by Gasteiger charge is 2.23. The number of nitrogens with zero attached hydrogens (tertiary/aromatic N) is 2. The van der Waals surface area contributed by atoms with Crippen molar-refractivity contribution in [3.8, 4) is 39.1 Å². The Morgan fingerprint density at radius 3 is 1.70 bits per heavy atom. The lowest BCUT2D eigenvalue weighted by molar-refractivity contribution is 1.18. The minimum absolute atomic E-state index is 1.09. The highest BCUT2D eigenvalue weighted by Crippen LogP contribution is 2.47. The molecule has 0 saturated heterocycles. The summed E-state index contributed by atoms with van der Waals surface area (Å²) in [5.74, 6) is 0. The van der Waals surface area contributed by atoms with Crippen LogP contribution in [-0.4, -0.2) is 4.57 Å². The second-order valence-electron chi connectivity index (χ2n) is 14.5. The molecule has 57 heavy (non-hydrogen) atoms. The summed E-state index contributed by atoms with van der Waals surface area (Å²) in [7, 11) is 0. The van der Waals surface area contributed by atoms with E-state index in [1.54, 1.807) is 0 Å². The summed E-state index contributed by atoms with van der Waals surface area (Å²) >= 11 is 1.89. The zero-order valence-electron chi connectivity index (χ0n) is 31.1. The van der Waals surface area contributed by atoms with Crippen molar-refractivity contribution in [2.24, 2.45) is 0 Å². The first-order valence-electron chi connectivity index (χ1n) is 19.4. The van der Waals surface area contributed by atoms with Gasteiger partial charge in [-0.1, -0.05) is 164 Å². The van der Waals surface area contributed by atoms with Crippen LogP contribution in [0.2, 0.25) is 0 Å². The molecule has 0 atom stereocenters. The minimum atomic E-state index is 1.09. The van der Waals surface area contributed by atoms with Gasteiger partial charge in [0.15, 0.2) is 0 Å². The number of rotatable bonds is 7. The van der Waals surface area contributed by atoms with Crippen LogP contribution >= 0.6 is 11.3 Å². The number of fused-ring (bicyclic) bond motifs is 6. The van der Waals surface area contributed by atoms with Gasteiger partial charge in [0.25, 0.3) is 0 Å². The maximum absolute atomic E-state index is 2.50. The Morgan fingerprint density at radius 2 is 0.912 bits per heavy atom. The highest BCUT2D eigenvalue weighted by molar-refractivity contribution is 7.26. The number of benzene rings is 9. The summed E-state index contributed by atoms with van der Waals surface area (Å²) in [6.45, 7) is 0. The SMILES string of the molecule is c1ccc(-c2ccc(N(c3ccccc3)c3ccc4c5ccccc5n(-c5cccc(-c6ccccc6)c5-c5cccc6c5sc5ccccc56)c4c3)cc2)cc1. The summed E-state index contributed by atoms with van der Waals surface area (Å²) < 4.78 is 5.11. The Labute approximate surface area is 335 Å². The van der Waals surface area contributed by atoms with E-state index in [0.29, 0.717) is 0 Å². The molecule has 0 aliphatic rings. The topological polar surface area (TPSA) is 8.17 Å². The van der Waals surface area contributed by atoms with Gasteiger partial charge in [-0.2, -0.15) is 0 Å². The van der Waals surface area contributed by atoms with Gasteiger partial charge in [-0.15, -0.1) is 11.3 Å². The maximum atomic E-state index is 2.50. The number of hydrogen-bond donors (Lipinski definition) is 0. The quantitative estimate of drug-likeness (QED) is 0.158. The van der Waals surface area contributed by atoms with Crippen LogP contribution in [0.5, 0.6) is 0 Å². The standard InChI is InChI=1S/C54H36N2S/c1-4-16-37(17-5-1)38-30-32-41(33-31-38)55(40-20-8-3-9-21-40)42-34-35-45-44-22-10-12-27-49(44)56(51(45)36-42)50-28-15-24-43(39-18-6-2-7-19-39)53(50)48-26-14-25-47-46-23-11-13-29-52(46)57-54(47)48/h1-36H. The summed E-state index contributed by atoms with van der Waals surface area (Å²) in [5.41, 5.74) is 14.1. The number of aromatic nitrogens is 1. The van der Waals surface area contributed by atoms with Crippen LogP contribution in [0.1, 0.15) is 0 Å². The van der Waals surface area contributed by atoms with Gasteiger partial charge < -0.3 is 9.47 Å². The number of hydrogen-bond acceptors (Lipinski definition) is 2. The molecule has 0 bridgehead atoms. The second-order valence-corrected chi connectivity index (χ2v) is 15.5. The van der Waals surface area contributed by atoms with Crippen LogP contribution in [0.3, 0.4) is 0 Å². The van der Waals surface area contributed by atoms with Crippen LogP contribution in [0.25, 0.3) is 81.0 Å². The molecule has 0 amide bonds. The first kappa shape index (κ1) is 33.2. The van der Waals surface area contributed by atoms with E-state index in [9.17, 15) is 0 Å². The molecule has 2 aromatic heterocycles. The molecule has 3 heteroatoms. The van der Waals surface area contributed by atoms with Crippen molar-refractivity contribution in [3.63, 3.8) is 0 Å². The monoisotopic (exact) mass is 744 g/mol. The Kier molecular flexibility index (Phi) is 8.04. The van der Waals surface area contributed by atoms with Crippen LogP contribution in [-0.2, 0) is 0 Å². The molecule has 11 rings (SSSR count). The molecule has 0 fully saturated rings. The maximum Gasteiger partial charge on any atom is 0.0562 e. The van der Waals surface area contributed by atoms with Gasteiger partial charge in [0.05, 0.1) is 16.7 Å². The van der Waals surface area contributed by atoms with Gasteiger partial charge >= 0.3 is 0 Å². The highest BCUT2D eigenvalue weighted by atomic mass is 32.1. The van der Waals surface area contributed by atoms with E-state index >= 15 is 0 Å². The second kappa shape index (κ2) is 13.8. The normalized spacial score (nSPS) is 11.5. The largest absolute Gasteiger partial charge is 0.310 e. The van der Waals surface area contributed by atoms with Crippen molar-refractivity contribution in [2.45, 2.75) is 0 Å². The molecule has 0 aliphatic carbocycles. The van der Waals surface area contributed by atoms with Crippen molar-refractivity contribution in [3.05, 3.63) is 218 Å². The summed E-state index contributed by atoms with van der Waals surface area (Å²) in [6, 6.07) is 79.3. The van der Waals surface area contributed by atoms with E-state index in [-0.39, 0.29) is 0 Å². The lowest BCUT2D eigenvalue weighted by Gasteiger charge is -2.26. The molecule has 9 aromatic carbocycles. The van der Waals surface area contributed by atoms with E-state index in [4.69, 9.17) is 0 Å². The summed E-state index contributed by atoms with van der Waals surface area (Å²) in [5, 5.41) is 5.05. The van der Waals surface area contributed by atoms with Gasteiger partial charge in [-0.3, -0.25) is 0 Å². The average Bonchev–Trinajstić information content (AvgIpc) is 3.83. The van der Waals surface area contributed by atoms with Crippen LogP contribution in [0.4, 0.5) is 17.1 Å². The smallest absolute Gasteiger partial charge is 0.0562 e. The van der Waals surface area contributed by atoms with E-state index in [2.05, 4.69) is 228 Å². The predicted molar refractivity (Wildman–Crippen MR) is 245 cm³/mol. The Hall–Kier alpha value is -7.20. The van der Waals surface area contributed by atoms with Crippen molar-refractivity contribution in [1.82, 2.24) is 4.57 Å². The molecule has 0 spiro atoms. The van der Waals surface area contributed by atoms with Crippen LogP contribution < -0.4 is 4.90 Å². The Bertz CT molecular complexity index is 3220. The Morgan fingerprint density at radius 1 is 0.351 bits per heavy atom. The van der Waals surface area contributed by atoms with Gasteiger partial charge in [-0.25, -0.2) is 0 Å². The first-order valence-corrected chi connectivity index (χ1v) is 20.3. The van der Waals surface area contributed by atoms with Gasteiger partial charge in [-0.05, 0) is 76.9 Å². The fourth-order valence-corrected chi connectivity index (χ4v) is 9.85. The molecule has 0 aliphatic heterocycles. The lowest BCUT2D eigenvalue weighted by Crippen LogP contribution is -2.10. The molecular formula is C54H36N2S. The van der Waals surface area contributed by atoms with E-state index in [1.165, 1.54) is 69.8 Å². The zero-order chi connectivity index (χ0) is 37.7. The molecule has 2 nitrogen and oxygen atoms in total. The fraction of sp³-hybridized carbons (Fsp3) is 0. The molecule has 0 radical (unpaired) electrons. The lowest BCUT2D eigenvalue weighted by atomic mass is 9.92. The van der Waals surface area contributed by atoms with Crippen molar-refractivity contribution >= 4 is 70.4 Å². The first-order chi connectivity index (χ1) is 28.3. The molecule has 11 aromatic rings. The van der Waals surface area contributed by atoms with Crippen molar-refractivity contribution < 1.29 is 0 Å². The summed E-state index contributed by atoms with van der Waals surface area (Å²) in [4.78, 5) is 2.37. The van der Waals surface area contributed by atoms with Gasteiger partial charge in [0.2, 0.25) is 0 Å². The van der Waals surface area contributed by atoms with E-state index in [0.717, 1.165) is 28.3 Å². The third-order valence-corrected chi connectivity index (χ3v) is 12.4. The Balaban J connectivity index is 1.18. The van der Waals surface area contributed by atoms with Crippen molar-refractivity contribution in [2.75, 3.05) is 4.90 Å². The zero-order valence-corrected chi connectivity index (χ0v) is 31.9. The molecule has 268 valence electrons. The number of thiophene rings is 1. The van der Waals surface area contributed by atoms with E-state index in [1.807, 2.05) is 11.3 Å². The molecule has 0 N–H and O–H groups in total. The van der Waals surface area contributed by atoms with Gasteiger partial charge in [0.1, 0.15) is 0 Å². The van der Waals surface area contributed by atoms with E-state index < -0.39 is 0 Å². The van der Waals surface area contributed by atoms with Crippen LogP contribution in [0, 0.1) is 0 Å². The third kappa shape index (κ3) is 5.63. The molecular weight excluding hydrogens is 709 g/mol. The third-order valence-electron chi connectivity index (χ3n) is 11.2. The summed E-state index contributed by atoms with van der Waals surface area (Å²) in [6.07, 6.45) is 0. The fourth-order valence-electron chi connectivity index (χ4n) is 8.63. The number of para-hydroxylation sites is 2. The van der Waals surface area contributed by atoms with Crippen LogP contribution in [0.15, 0.2) is 218 Å². The average molecular weight is 745 g/mol. The predicted octanol–water partition coefficient (Wildman–Crippen LogP) is 15.6. The number of anilines is 3. The minimum Gasteiger partial charge on any atom is -0.310 e. The van der Waals surface area contributed by atoms with Crippen molar-refractivity contribution in [1.29, 1.82) is 0 Å². The molecule has 2 heterocycles. The van der Waals surface area contributed by atoms with Gasteiger partial charge in [0, 0.05) is 59.1 Å². The molecule has 0 unspecified atom stereocenters.